The summed E-state index contributed by atoms with van der Waals surface area (Å²) in [5.41, 5.74) is 3.03. The van der Waals surface area contributed by atoms with Gasteiger partial charge in [-0.1, -0.05) is 61.8 Å². The molecule has 2 aromatic rings. The molecule has 0 amide bonds. The van der Waals surface area contributed by atoms with Crippen LogP contribution in [0.3, 0.4) is 0 Å². The summed E-state index contributed by atoms with van der Waals surface area (Å²) in [4.78, 5) is 0. The van der Waals surface area contributed by atoms with Crippen LogP contribution in [-0.4, -0.2) is 0 Å². The number of hydrogen-bond donors (Lipinski definition) is 0. The molecule has 0 aromatic heterocycles. The molecule has 0 radical (unpaired) electrons. The monoisotopic (exact) mass is 368 g/mol. The highest BCUT2D eigenvalue weighted by atomic mass is 35.5. The molecule has 2 heteroatoms. The molecule has 0 atom stereocenters. The summed E-state index contributed by atoms with van der Waals surface area (Å²) >= 11 is 5.70. The van der Waals surface area contributed by atoms with Gasteiger partial charge in [0.05, 0.1) is 5.02 Å². The lowest BCUT2D eigenvalue weighted by molar-refractivity contribution is 0.304. The predicted octanol–water partition coefficient (Wildman–Crippen LogP) is 7.34. The standard InChI is InChI=1S/C24H26ClF/c1-2-3-4-18-7-12-21(13-8-18)22-14-9-19(10-15-22)5-6-20-11-16-23(25)24(26)17-20/h9-11,14-18,21H,2-4,7-8,12-13H2,1H3. The van der Waals surface area contributed by atoms with Gasteiger partial charge >= 0.3 is 0 Å². The van der Waals surface area contributed by atoms with Gasteiger partial charge in [0.25, 0.3) is 0 Å². The van der Waals surface area contributed by atoms with Gasteiger partial charge in [0.15, 0.2) is 0 Å². The van der Waals surface area contributed by atoms with Crippen LogP contribution in [0, 0.1) is 23.6 Å². The Balaban J connectivity index is 1.59. The number of hydrogen-bond acceptors (Lipinski definition) is 0. The van der Waals surface area contributed by atoms with Crippen molar-refractivity contribution in [2.75, 3.05) is 0 Å². The van der Waals surface area contributed by atoms with Crippen molar-refractivity contribution in [2.45, 2.75) is 57.8 Å². The van der Waals surface area contributed by atoms with E-state index in [9.17, 15) is 4.39 Å². The third kappa shape index (κ3) is 5.12. The zero-order valence-corrected chi connectivity index (χ0v) is 16.2. The van der Waals surface area contributed by atoms with Crippen LogP contribution < -0.4 is 0 Å². The lowest BCUT2D eigenvalue weighted by atomic mass is 9.77. The van der Waals surface area contributed by atoms with E-state index in [4.69, 9.17) is 11.6 Å². The molecule has 0 N–H and O–H groups in total. The van der Waals surface area contributed by atoms with Gasteiger partial charge in [0.1, 0.15) is 5.82 Å². The van der Waals surface area contributed by atoms with Crippen molar-refractivity contribution in [1.29, 1.82) is 0 Å². The van der Waals surface area contributed by atoms with Crippen LogP contribution in [0.2, 0.25) is 5.02 Å². The molecule has 26 heavy (non-hydrogen) atoms. The SMILES string of the molecule is CCCCC1CCC(c2ccc(C#Cc3ccc(Cl)c(F)c3)cc2)CC1. The lowest BCUT2D eigenvalue weighted by Crippen LogP contribution is -2.13. The molecule has 0 unspecified atom stereocenters. The van der Waals surface area contributed by atoms with Crippen molar-refractivity contribution >= 4 is 11.6 Å². The lowest BCUT2D eigenvalue weighted by Gasteiger charge is -2.28. The molecule has 1 saturated carbocycles. The molecule has 0 bridgehead atoms. The number of rotatable bonds is 4. The summed E-state index contributed by atoms with van der Waals surface area (Å²) < 4.78 is 13.5. The van der Waals surface area contributed by atoms with Gasteiger partial charge < -0.3 is 0 Å². The number of halogens is 2. The zero-order valence-electron chi connectivity index (χ0n) is 15.4. The molecule has 3 rings (SSSR count). The van der Waals surface area contributed by atoms with Gasteiger partial charge in [-0.05, 0) is 73.4 Å². The summed E-state index contributed by atoms with van der Waals surface area (Å²) in [5.74, 6) is 7.32. The summed E-state index contributed by atoms with van der Waals surface area (Å²) in [7, 11) is 0. The van der Waals surface area contributed by atoms with E-state index in [1.165, 1.54) is 56.6 Å². The predicted molar refractivity (Wildman–Crippen MR) is 108 cm³/mol. The molecule has 2 aromatic carbocycles. The minimum Gasteiger partial charge on any atom is -0.205 e. The van der Waals surface area contributed by atoms with Crippen LogP contribution in [0.5, 0.6) is 0 Å². The Morgan fingerprint density at radius 3 is 2.27 bits per heavy atom. The molecule has 136 valence electrons. The van der Waals surface area contributed by atoms with E-state index in [0.717, 1.165) is 11.5 Å². The molecule has 0 aliphatic heterocycles. The van der Waals surface area contributed by atoms with E-state index < -0.39 is 5.82 Å². The van der Waals surface area contributed by atoms with E-state index in [1.807, 2.05) is 0 Å². The summed E-state index contributed by atoms with van der Waals surface area (Å²) in [5, 5.41) is 0.129. The topological polar surface area (TPSA) is 0 Å². The average Bonchev–Trinajstić information content (AvgIpc) is 2.68. The van der Waals surface area contributed by atoms with Crippen molar-refractivity contribution in [3.8, 4) is 11.8 Å². The van der Waals surface area contributed by atoms with Crippen LogP contribution in [0.1, 0.15) is 74.5 Å². The first kappa shape index (κ1) is 19.0. The number of unbranched alkanes of at least 4 members (excludes halogenated alkanes) is 1. The minimum absolute atomic E-state index is 0.129. The van der Waals surface area contributed by atoms with Crippen molar-refractivity contribution in [2.24, 2.45) is 5.92 Å². The maximum absolute atomic E-state index is 13.5. The van der Waals surface area contributed by atoms with Gasteiger partial charge in [-0.25, -0.2) is 4.39 Å². The molecular formula is C24H26ClF. The molecule has 0 nitrogen and oxygen atoms in total. The quantitative estimate of drug-likeness (QED) is 0.495. The van der Waals surface area contributed by atoms with E-state index in [-0.39, 0.29) is 5.02 Å². The maximum atomic E-state index is 13.5. The van der Waals surface area contributed by atoms with Gasteiger partial charge in [0, 0.05) is 11.1 Å². The van der Waals surface area contributed by atoms with E-state index >= 15 is 0 Å². The van der Waals surface area contributed by atoms with Crippen LogP contribution >= 0.6 is 11.6 Å². The Morgan fingerprint density at radius 1 is 0.962 bits per heavy atom. The largest absolute Gasteiger partial charge is 0.205 e. The smallest absolute Gasteiger partial charge is 0.143 e. The molecule has 1 aliphatic rings. The molecule has 1 aliphatic carbocycles. The zero-order chi connectivity index (χ0) is 18.4. The Hall–Kier alpha value is -1.78. The highest BCUT2D eigenvalue weighted by molar-refractivity contribution is 6.30. The van der Waals surface area contributed by atoms with Crippen molar-refractivity contribution in [3.63, 3.8) is 0 Å². The van der Waals surface area contributed by atoms with Crippen molar-refractivity contribution in [1.82, 2.24) is 0 Å². The minimum atomic E-state index is -0.427. The van der Waals surface area contributed by atoms with Crippen molar-refractivity contribution < 1.29 is 4.39 Å². The third-order valence-corrected chi connectivity index (χ3v) is 5.77. The van der Waals surface area contributed by atoms with E-state index in [0.29, 0.717) is 11.5 Å². The van der Waals surface area contributed by atoms with Crippen molar-refractivity contribution in [3.05, 3.63) is 70.0 Å². The van der Waals surface area contributed by atoms with Gasteiger partial charge in [-0.15, -0.1) is 0 Å². The van der Waals surface area contributed by atoms with Gasteiger partial charge in [0.2, 0.25) is 0 Å². The summed E-state index contributed by atoms with van der Waals surface area (Å²) in [6, 6.07) is 13.2. The number of benzene rings is 2. The normalized spacial score (nSPS) is 19.7. The van der Waals surface area contributed by atoms with E-state index in [1.54, 1.807) is 12.1 Å². The molecule has 0 spiro atoms. The maximum Gasteiger partial charge on any atom is 0.143 e. The molecular weight excluding hydrogens is 343 g/mol. The Labute approximate surface area is 161 Å². The van der Waals surface area contributed by atoms with Crippen LogP contribution in [0.4, 0.5) is 4.39 Å². The average molecular weight is 369 g/mol. The molecule has 0 heterocycles. The van der Waals surface area contributed by atoms with Crippen LogP contribution in [0.15, 0.2) is 42.5 Å². The Bertz CT molecular complexity index is 774. The van der Waals surface area contributed by atoms with Gasteiger partial charge in [-0.2, -0.15) is 0 Å². The highest BCUT2D eigenvalue weighted by Gasteiger charge is 2.21. The molecule has 1 fully saturated rings. The fourth-order valence-corrected chi connectivity index (χ4v) is 3.95. The third-order valence-electron chi connectivity index (χ3n) is 5.47. The first-order valence-corrected chi connectivity index (χ1v) is 10.1. The van der Waals surface area contributed by atoms with Gasteiger partial charge in [-0.3, -0.25) is 0 Å². The second-order valence-electron chi connectivity index (χ2n) is 7.36. The first-order chi connectivity index (χ1) is 12.7. The fourth-order valence-electron chi connectivity index (χ4n) is 3.83. The molecule has 0 saturated heterocycles. The Morgan fingerprint density at radius 2 is 1.62 bits per heavy atom. The van der Waals surface area contributed by atoms with Crippen LogP contribution in [0.25, 0.3) is 0 Å². The highest BCUT2D eigenvalue weighted by Crippen LogP contribution is 2.37. The first-order valence-electron chi connectivity index (χ1n) is 9.72. The second-order valence-corrected chi connectivity index (χ2v) is 7.77. The summed E-state index contributed by atoms with van der Waals surface area (Å²) in [6.45, 7) is 2.28. The second kappa shape index (κ2) is 9.24. The Kier molecular flexibility index (Phi) is 6.75. The fraction of sp³-hybridized carbons (Fsp3) is 0.417. The van der Waals surface area contributed by atoms with E-state index in [2.05, 4.69) is 43.0 Å². The van der Waals surface area contributed by atoms with Crippen LogP contribution in [-0.2, 0) is 0 Å². The summed E-state index contributed by atoms with van der Waals surface area (Å²) in [6.07, 6.45) is 9.45.